The largest absolute Gasteiger partial charge is 0.497 e. The summed E-state index contributed by atoms with van der Waals surface area (Å²) >= 11 is 0. The van der Waals surface area contributed by atoms with E-state index in [1.807, 2.05) is 30.3 Å². The summed E-state index contributed by atoms with van der Waals surface area (Å²) in [7, 11) is 1.61. The number of ether oxygens (including phenoxy) is 2. The molecule has 1 aliphatic heterocycles. The minimum absolute atomic E-state index is 0.142. The van der Waals surface area contributed by atoms with Gasteiger partial charge in [0.1, 0.15) is 29.2 Å². The summed E-state index contributed by atoms with van der Waals surface area (Å²) < 4.78 is 38.9. The monoisotopic (exact) mass is 341 g/mol. The van der Waals surface area contributed by atoms with Crippen molar-refractivity contribution in [3.8, 4) is 11.5 Å². The molecule has 0 amide bonds. The second-order valence-corrected chi connectivity index (χ2v) is 6.20. The summed E-state index contributed by atoms with van der Waals surface area (Å²) in [6.45, 7) is 0. The van der Waals surface area contributed by atoms with Crippen LogP contribution in [-0.4, -0.2) is 13.2 Å². The lowest BCUT2D eigenvalue weighted by atomic mass is 9.90. The first kappa shape index (κ1) is 15.8. The molecule has 0 bridgehead atoms. The van der Waals surface area contributed by atoms with Crippen molar-refractivity contribution in [2.24, 2.45) is 5.73 Å². The Morgan fingerprint density at radius 3 is 2.68 bits per heavy atom. The van der Waals surface area contributed by atoms with Crippen molar-refractivity contribution in [1.29, 1.82) is 0 Å². The summed E-state index contributed by atoms with van der Waals surface area (Å²) in [6, 6.07) is 12.4. The van der Waals surface area contributed by atoms with Gasteiger partial charge in [0.15, 0.2) is 0 Å². The molecule has 0 saturated carbocycles. The van der Waals surface area contributed by atoms with E-state index in [0.717, 1.165) is 40.3 Å². The van der Waals surface area contributed by atoms with E-state index in [0.29, 0.717) is 12.2 Å². The first-order valence-corrected chi connectivity index (χ1v) is 8.03. The Hall–Kier alpha value is -2.66. The van der Waals surface area contributed by atoms with Gasteiger partial charge in [-0.25, -0.2) is 8.78 Å². The van der Waals surface area contributed by atoms with E-state index in [2.05, 4.69) is 0 Å². The molecule has 3 aromatic rings. The minimum Gasteiger partial charge on any atom is -0.497 e. The fraction of sp³-hybridized carbons (Fsp3) is 0.200. The molecule has 25 heavy (non-hydrogen) atoms. The average molecular weight is 341 g/mol. The molecule has 4 rings (SSSR count). The molecule has 3 nitrogen and oxygen atoms in total. The lowest BCUT2D eigenvalue weighted by Gasteiger charge is -2.32. The molecule has 2 atom stereocenters. The Balaban J connectivity index is 1.80. The van der Waals surface area contributed by atoms with E-state index in [1.165, 1.54) is 0 Å². The fourth-order valence-corrected chi connectivity index (χ4v) is 3.38. The predicted octanol–water partition coefficient (Wildman–Crippen LogP) is 4.13. The van der Waals surface area contributed by atoms with E-state index >= 15 is 0 Å². The number of benzene rings is 3. The molecule has 3 aromatic carbocycles. The Kier molecular flexibility index (Phi) is 3.81. The molecule has 1 heterocycles. The van der Waals surface area contributed by atoms with Crippen molar-refractivity contribution in [3.63, 3.8) is 0 Å². The van der Waals surface area contributed by atoms with E-state index < -0.39 is 23.8 Å². The van der Waals surface area contributed by atoms with Crippen molar-refractivity contribution in [3.05, 3.63) is 71.3 Å². The molecule has 0 fully saturated rings. The molecule has 0 aliphatic carbocycles. The standard InChI is InChI=1S/C20H17F2NO2/c1-24-13-5-2-11-3-7-19-15(14(11)9-13)10-18(23)20(25-19)16-8-12(21)4-6-17(16)22/h2-9,18,20H,10,23H2,1H3/t18-,20+/m0/s1. The fourth-order valence-electron chi connectivity index (χ4n) is 3.38. The molecular weight excluding hydrogens is 324 g/mol. The van der Waals surface area contributed by atoms with Crippen LogP contribution < -0.4 is 15.2 Å². The molecule has 128 valence electrons. The molecular formula is C20H17F2NO2. The smallest absolute Gasteiger partial charge is 0.142 e. The third-order valence-corrected chi connectivity index (χ3v) is 4.64. The number of rotatable bonds is 2. The first-order chi connectivity index (χ1) is 12.1. The van der Waals surface area contributed by atoms with Gasteiger partial charge >= 0.3 is 0 Å². The van der Waals surface area contributed by atoms with Crippen molar-refractivity contribution >= 4 is 10.8 Å². The third-order valence-electron chi connectivity index (χ3n) is 4.64. The summed E-state index contributed by atoms with van der Waals surface area (Å²) in [4.78, 5) is 0. The predicted molar refractivity (Wildman–Crippen MR) is 91.9 cm³/mol. The number of halogens is 2. The van der Waals surface area contributed by atoms with Gasteiger partial charge in [-0.05, 0) is 53.6 Å². The van der Waals surface area contributed by atoms with E-state index in [4.69, 9.17) is 15.2 Å². The van der Waals surface area contributed by atoms with Gasteiger partial charge in [-0.2, -0.15) is 0 Å². The number of hydrogen-bond acceptors (Lipinski definition) is 3. The number of fused-ring (bicyclic) bond motifs is 3. The average Bonchev–Trinajstić information content (AvgIpc) is 2.63. The van der Waals surface area contributed by atoms with Crippen molar-refractivity contribution < 1.29 is 18.3 Å². The van der Waals surface area contributed by atoms with Crippen molar-refractivity contribution in [2.45, 2.75) is 18.6 Å². The summed E-state index contributed by atoms with van der Waals surface area (Å²) in [6.07, 6.45) is -0.230. The highest BCUT2D eigenvalue weighted by Crippen LogP contribution is 2.39. The molecule has 0 unspecified atom stereocenters. The summed E-state index contributed by atoms with van der Waals surface area (Å²) in [5.41, 5.74) is 7.36. The van der Waals surface area contributed by atoms with Crippen LogP contribution in [0.4, 0.5) is 8.78 Å². The molecule has 0 saturated heterocycles. The van der Waals surface area contributed by atoms with Crippen molar-refractivity contribution in [2.75, 3.05) is 7.11 Å². The normalized spacial score (nSPS) is 19.4. The first-order valence-electron chi connectivity index (χ1n) is 8.03. The van der Waals surface area contributed by atoms with E-state index in [-0.39, 0.29) is 5.56 Å². The summed E-state index contributed by atoms with van der Waals surface area (Å²) in [5.74, 6) is 0.345. The van der Waals surface area contributed by atoms with Gasteiger partial charge in [0.2, 0.25) is 0 Å². The molecule has 5 heteroatoms. The molecule has 2 N–H and O–H groups in total. The Morgan fingerprint density at radius 2 is 1.88 bits per heavy atom. The highest BCUT2D eigenvalue weighted by atomic mass is 19.1. The maximum Gasteiger partial charge on any atom is 0.142 e. The van der Waals surface area contributed by atoms with Gasteiger partial charge in [0.25, 0.3) is 0 Å². The Labute approximate surface area is 144 Å². The van der Waals surface area contributed by atoms with Crippen LogP contribution >= 0.6 is 0 Å². The quantitative estimate of drug-likeness (QED) is 0.762. The highest BCUT2D eigenvalue weighted by Gasteiger charge is 2.32. The van der Waals surface area contributed by atoms with Crippen LogP contribution in [0.25, 0.3) is 10.8 Å². The van der Waals surface area contributed by atoms with Crippen LogP contribution in [0.3, 0.4) is 0 Å². The van der Waals surface area contributed by atoms with Crippen LogP contribution in [0.5, 0.6) is 11.5 Å². The maximum absolute atomic E-state index is 14.1. The van der Waals surface area contributed by atoms with E-state index in [9.17, 15) is 8.78 Å². The van der Waals surface area contributed by atoms with Gasteiger partial charge in [-0.15, -0.1) is 0 Å². The van der Waals surface area contributed by atoms with Crippen LogP contribution in [0.2, 0.25) is 0 Å². The molecule has 0 radical (unpaired) electrons. The number of hydrogen-bond donors (Lipinski definition) is 1. The summed E-state index contributed by atoms with van der Waals surface area (Å²) in [5, 5.41) is 2.04. The second-order valence-electron chi connectivity index (χ2n) is 6.20. The van der Waals surface area contributed by atoms with Gasteiger partial charge < -0.3 is 15.2 Å². The second kappa shape index (κ2) is 6.01. The zero-order valence-corrected chi connectivity index (χ0v) is 13.6. The van der Waals surface area contributed by atoms with Crippen LogP contribution in [0.1, 0.15) is 17.2 Å². The molecule has 0 aromatic heterocycles. The third kappa shape index (κ3) is 2.70. The van der Waals surface area contributed by atoms with Crippen LogP contribution in [-0.2, 0) is 6.42 Å². The Morgan fingerprint density at radius 1 is 1.08 bits per heavy atom. The van der Waals surface area contributed by atoms with Crippen molar-refractivity contribution in [1.82, 2.24) is 0 Å². The molecule has 1 aliphatic rings. The van der Waals surface area contributed by atoms with Gasteiger partial charge in [-0.3, -0.25) is 0 Å². The molecule has 0 spiro atoms. The number of nitrogens with two attached hydrogens (primary N) is 1. The highest BCUT2D eigenvalue weighted by molar-refractivity contribution is 5.89. The maximum atomic E-state index is 14.1. The van der Waals surface area contributed by atoms with Crippen LogP contribution in [0.15, 0.2) is 48.5 Å². The Bertz CT molecular complexity index is 958. The van der Waals surface area contributed by atoms with Gasteiger partial charge in [0.05, 0.1) is 13.2 Å². The minimum atomic E-state index is -0.730. The SMILES string of the molecule is COc1ccc2ccc3c(c2c1)C[C@H](N)[C@@H](c1cc(F)ccc1F)O3. The lowest BCUT2D eigenvalue weighted by molar-refractivity contribution is 0.149. The van der Waals surface area contributed by atoms with E-state index in [1.54, 1.807) is 7.11 Å². The zero-order chi connectivity index (χ0) is 17.6. The van der Waals surface area contributed by atoms with Crippen LogP contribution in [0, 0.1) is 11.6 Å². The van der Waals surface area contributed by atoms with Gasteiger partial charge in [0, 0.05) is 11.1 Å². The van der Waals surface area contributed by atoms with Gasteiger partial charge in [-0.1, -0.05) is 12.1 Å². The number of methoxy groups -OCH3 is 1. The zero-order valence-electron chi connectivity index (χ0n) is 13.6. The lowest BCUT2D eigenvalue weighted by Crippen LogP contribution is -2.38. The topological polar surface area (TPSA) is 44.5 Å².